The van der Waals surface area contributed by atoms with Gasteiger partial charge in [-0.05, 0) is 37.1 Å². The van der Waals surface area contributed by atoms with Crippen molar-refractivity contribution in [3.8, 4) is 0 Å². The van der Waals surface area contributed by atoms with Gasteiger partial charge in [-0.3, -0.25) is 9.48 Å². The highest BCUT2D eigenvalue weighted by Crippen LogP contribution is 2.29. The molecule has 2 N–H and O–H groups in total. The molecule has 1 unspecified atom stereocenters. The van der Waals surface area contributed by atoms with Crippen LogP contribution in [-0.4, -0.2) is 26.8 Å². The van der Waals surface area contributed by atoms with Crippen LogP contribution in [0.25, 0.3) is 0 Å². The quantitative estimate of drug-likeness (QED) is 0.863. The van der Waals surface area contributed by atoms with Crippen LogP contribution >= 0.6 is 23.2 Å². The summed E-state index contributed by atoms with van der Waals surface area (Å²) in [6.45, 7) is 3.15. The Morgan fingerprint density at radius 3 is 2.57 bits per heavy atom. The van der Waals surface area contributed by atoms with Gasteiger partial charge in [0.15, 0.2) is 5.54 Å². The largest absolute Gasteiger partial charge is 0.479 e. The highest BCUT2D eigenvalue weighted by atomic mass is 35.5. The van der Waals surface area contributed by atoms with E-state index in [1.54, 1.807) is 12.4 Å². The van der Waals surface area contributed by atoms with Crippen molar-refractivity contribution in [1.82, 2.24) is 15.1 Å². The first kappa shape index (κ1) is 17.3. The van der Waals surface area contributed by atoms with Crippen molar-refractivity contribution in [3.05, 3.63) is 51.8 Å². The van der Waals surface area contributed by atoms with Gasteiger partial charge < -0.3 is 10.4 Å². The van der Waals surface area contributed by atoms with Gasteiger partial charge in [-0.1, -0.05) is 29.3 Å². The van der Waals surface area contributed by atoms with Crippen LogP contribution < -0.4 is 5.32 Å². The van der Waals surface area contributed by atoms with E-state index in [-0.39, 0.29) is 11.6 Å². The number of aliphatic carboxylic acids is 1. The van der Waals surface area contributed by atoms with Crippen molar-refractivity contribution in [2.75, 3.05) is 0 Å². The van der Waals surface area contributed by atoms with Gasteiger partial charge in [0, 0.05) is 6.20 Å². The first-order valence-electron chi connectivity index (χ1n) is 6.71. The molecule has 0 radical (unpaired) electrons. The summed E-state index contributed by atoms with van der Waals surface area (Å²) in [5.74, 6) is -1.69. The molecule has 1 amide bonds. The fourth-order valence-corrected chi connectivity index (χ4v) is 2.37. The van der Waals surface area contributed by atoms with Crippen LogP contribution in [0.5, 0.6) is 0 Å². The fourth-order valence-electron chi connectivity index (χ4n) is 2.08. The summed E-state index contributed by atoms with van der Waals surface area (Å²) in [5.41, 5.74) is -0.402. The minimum atomic E-state index is -1.63. The number of carboxylic acid groups (broad SMARTS) is 1. The topological polar surface area (TPSA) is 84.2 Å². The highest BCUT2D eigenvalue weighted by Gasteiger charge is 2.37. The summed E-state index contributed by atoms with van der Waals surface area (Å²) in [6.07, 6.45) is 3.31. The minimum Gasteiger partial charge on any atom is -0.479 e. The molecule has 8 heteroatoms. The summed E-state index contributed by atoms with van der Waals surface area (Å²) in [7, 11) is 0. The maximum Gasteiger partial charge on any atom is 0.333 e. The maximum atomic E-state index is 12.2. The number of hydrogen-bond acceptors (Lipinski definition) is 3. The van der Waals surface area contributed by atoms with E-state index in [9.17, 15) is 14.7 Å². The van der Waals surface area contributed by atoms with Crippen LogP contribution in [0.15, 0.2) is 30.6 Å². The van der Waals surface area contributed by atoms with Crippen molar-refractivity contribution in [3.63, 3.8) is 0 Å². The number of benzene rings is 1. The summed E-state index contributed by atoms with van der Waals surface area (Å²) in [4.78, 5) is 23.9. The molecule has 1 aromatic carbocycles. The number of nitrogens with one attached hydrogen (secondary N) is 1. The zero-order chi connectivity index (χ0) is 17.2. The third kappa shape index (κ3) is 3.83. The fraction of sp³-hybridized carbons (Fsp3) is 0.267. The predicted molar refractivity (Wildman–Crippen MR) is 86.6 cm³/mol. The highest BCUT2D eigenvalue weighted by molar-refractivity contribution is 6.42. The SMILES string of the molecule is Cc1cnn(CC(=O)NC(C)(C(=O)O)c2ccc(Cl)c(Cl)c2)c1. The molecule has 1 atom stereocenters. The van der Waals surface area contributed by atoms with Crippen LogP contribution in [0.2, 0.25) is 10.0 Å². The molecule has 0 aliphatic rings. The van der Waals surface area contributed by atoms with Crippen LogP contribution in [0.1, 0.15) is 18.1 Å². The van der Waals surface area contributed by atoms with Gasteiger partial charge in [-0.2, -0.15) is 5.10 Å². The molecule has 2 rings (SSSR count). The second-order valence-corrected chi connectivity index (χ2v) is 6.14. The second kappa shape index (κ2) is 6.60. The van der Waals surface area contributed by atoms with Gasteiger partial charge in [0.25, 0.3) is 0 Å². The normalized spacial score (nSPS) is 13.4. The Balaban J connectivity index is 2.24. The van der Waals surface area contributed by atoms with Crippen LogP contribution in [0, 0.1) is 6.92 Å². The van der Waals surface area contributed by atoms with E-state index in [0.29, 0.717) is 10.6 Å². The Morgan fingerprint density at radius 1 is 1.35 bits per heavy atom. The zero-order valence-electron chi connectivity index (χ0n) is 12.5. The number of amides is 1. The number of carboxylic acids is 1. The molecule has 0 bridgehead atoms. The number of halogens is 2. The third-order valence-electron chi connectivity index (χ3n) is 3.38. The molecular weight excluding hydrogens is 341 g/mol. The van der Waals surface area contributed by atoms with Crippen LogP contribution in [0.3, 0.4) is 0 Å². The average molecular weight is 356 g/mol. The number of hydrogen-bond donors (Lipinski definition) is 2. The molecule has 0 saturated carbocycles. The number of carbonyl (C=O) groups excluding carboxylic acids is 1. The molecule has 23 heavy (non-hydrogen) atoms. The van der Waals surface area contributed by atoms with Gasteiger partial charge in [-0.25, -0.2) is 4.79 Å². The number of aryl methyl sites for hydroxylation is 1. The van der Waals surface area contributed by atoms with Crippen LogP contribution in [0.4, 0.5) is 0 Å². The molecule has 0 aliphatic heterocycles. The van der Waals surface area contributed by atoms with E-state index in [1.165, 1.54) is 29.8 Å². The van der Waals surface area contributed by atoms with E-state index in [0.717, 1.165) is 5.56 Å². The average Bonchev–Trinajstić information content (AvgIpc) is 2.86. The molecule has 1 aromatic heterocycles. The smallest absolute Gasteiger partial charge is 0.333 e. The molecule has 1 heterocycles. The lowest BCUT2D eigenvalue weighted by Crippen LogP contribution is -2.50. The number of carbonyl (C=O) groups is 2. The first-order chi connectivity index (χ1) is 10.7. The molecule has 0 spiro atoms. The lowest BCUT2D eigenvalue weighted by Gasteiger charge is -2.27. The van der Waals surface area contributed by atoms with E-state index in [4.69, 9.17) is 23.2 Å². The van der Waals surface area contributed by atoms with Crippen molar-refractivity contribution in [1.29, 1.82) is 0 Å². The predicted octanol–water partition coefficient (Wildman–Crippen LogP) is 2.61. The molecule has 0 saturated heterocycles. The molecular formula is C15H15Cl2N3O3. The van der Waals surface area contributed by atoms with Crippen LogP contribution in [-0.2, 0) is 21.7 Å². The minimum absolute atomic E-state index is 0.0853. The molecule has 0 aliphatic carbocycles. The number of aromatic nitrogens is 2. The van der Waals surface area contributed by atoms with Gasteiger partial charge >= 0.3 is 5.97 Å². The van der Waals surface area contributed by atoms with Gasteiger partial charge in [0.05, 0.1) is 16.2 Å². The van der Waals surface area contributed by atoms with E-state index in [1.807, 2.05) is 6.92 Å². The monoisotopic (exact) mass is 355 g/mol. The van der Waals surface area contributed by atoms with Gasteiger partial charge in [-0.15, -0.1) is 0 Å². The zero-order valence-corrected chi connectivity index (χ0v) is 14.0. The van der Waals surface area contributed by atoms with E-state index in [2.05, 4.69) is 10.4 Å². The maximum absolute atomic E-state index is 12.2. The van der Waals surface area contributed by atoms with Gasteiger partial charge in [0.1, 0.15) is 6.54 Å². The lowest BCUT2D eigenvalue weighted by molar-refractivity contribution is -0.147. The first-order valence-corrected chi connectivity index (χ1v) is 7.47. The Labute approximate surface area is 143 Å². The Kier molecular flexibility index (Phi) is 4.97. The molecule has 122 valence electrons. The summed E-state index contributed by atoms with van der Waals surface area (Å²) < 4.78 is 1.43. The van der Waals surface area contributed by atoms with Crippen molar-refractivity contribution in [2.24, 2.45) is 0 Å². The van der Waals surface area contributed by atoms with Crippen molar-refractivity contribution in [2.45, 2.75) is 25.9 Å². The van der Waals surface area contributed by atoms with Crippen molar-refractivity contribution < 1.29 is 14.7 Å². The number of nitrogens with zero attached hydrogens (tertiary/aromatic N) is 2. The third-order valence-corrected chi connectivity index (χ3v) is 4.12. The Morgan fingerprint density at radius 2 is 2.04 bits per heavy atom. The lowest BCUT2D eigenvalue weighted by atomic mass is 9.92. The standard InChI is InChI=1S/C15H15Cl2N3O3/c1-9-6-18-20(7-9)8-13(21)19-15(2,14(22)23)10-3-4-11(16)12(17)5-10/h3-7H,8H2,1-2H3,(H,19,21)(H,22,23). The molecule has 2 aromatic rings. The summed E-state index contributed by atoms with van der Waals surface area (Å²) >= 11 is 11.8. The van der Waals surface area contributed by atoms with Gasteiger partial charge in [0.2, 0.25) is 5.91 Å². The Hall–Kier alpha value is -2.05. The molecule has 0 fully saturated rings. The summed E-state index contributed by atoms with van der Waals surface area (Å²) in [5, 5.41) is 16.6. The van der Waals surface area contributed by atoms with Crippen molar-refractivity contribution >= 4 is 35.1 Å². The second-order valence-electron chi connectivity index (χ2n) is 5.32. The number of rotatable bonds is 5. The van der Waals surface area contributed by atoms with E-state index < -0.39 is 17.4 Å². The summed E-state index contributed by atoms with van der Waals surface area (Å²) in [6, 6.07) is 4.43. The van der Waals surface area contributed by atoms with E-state index >= 15 is 0 Å². The Bertz CT molecular complexity index is 760. The molecule has 6 nitrogen and oxygen atoms in total.